The lowest BCUT2D eigenvalue weighted by Gasteiger charge is -2.39. The highest BCUT2D eigenvalue weighted by molar-refractivity contribution is 5.94. The third-order valence-electron chi connectivity index (χ3n) is 5.43. The molecule has 0 spiro atoms. The number of nitrogens with zero attached hydrogens (tertiary/aromatic N) is 1. The molecule has 2 aliphatic rings. The molecule has 0 bridgehead atoms. The van der Waals surface area contributed by atoms with Crippen molar-refractivity contribution in [3.05, 3.63) is 34.9 Å². The van der Waals surface area contributed by atoms with E-state index in [-0.39, 0.29) is 23.6 Å². The molecule has 1 amide bonds. The molecular formula is C19H26F2N2O2. The zero-order chi connectivity index (χ0) is 17.8. The van der Waals surface area contributed by atoms with Crippen molar-refractivity contribution in [3.8, 4) is 0 Å². The maximum atomic E-state index is 13.1. The highest BCUT2D eigenvalue weighted by Gasteiger charge is 2.32. The van der Waals surface area contributed by atoms with E-state index >= 15 is 0 Å². The van der Waals surface area contributed by atoms with E-state index < -0.39 is 13.3 Å². The zero-order valence-corrected chi connectivity index (χ0v) is 14.4. The predicted octanol–water partition coefficient (Wildman–Crippen LogP) is 2.59. The minimum atomic E-state index is -0.780. The molecule has 1 saturated heterocycles. The fraction of sp³-hybridized carbons (Fsp3) is 0.632. The zero-order valence-electron chi connectivity index (χ0n) is 14.4. The van der Waals surface area contributed by atoms with Crippen LogP contribution in [-0.2, 0) is 13.3 Å². The number of amides is 1. The first-order valence-corrected chi connectivity index (χ1v) is 9.05. The van der Waals surface area contributed by atoms with Gasteiger partial charge in [0.1, 0.15) is 13.3 Å². The van der Waals surface area contributed by atoms with Crippen molar-refractivity contribution in [3.63, 3.8) is 0 Å². The molecule has 0 aromatic heterocycles. The van der Waals surface area contributed by atoms with E-state index in [2.05, 4.69) is 10.2 Å². The Balaban J connectivity index is 1.68. The molecule has 25 heavy (non-hydrogen) atoms. The van der Waals surface area contributed by atoms with E-state index in [0.717, 1.165) is 19.4 Å². The average Bonchev–Trinajstić information content (AvgIpc) is 3.13. The van der Waals surface area contributed by atoms with Crippen LogP contribution in [0.5, 0.6) is 0 Å². The summed E-state index contributed by atoms with van der Waals surface area (Å²) in [6, 6.07) is 4.52. The van der Waals surface area contributed by atoms with Crippen molar-refractivity contribution in [2.24, 2.45) is 5.92 Å². The third-order valence-corrected chi connectivity index (χ3v) is 5.43. The molecule has 1 aliphatic carbocycles. The van der Waals surface area contributed by atoms with E-state index in [1.54, 1.807) is 6.07 Å². The van der Waals surface area contributed by atoms with Crippen LogP contribution in [0, 0.1) is 5.92 Å². The van der Waals surface area contributed by atoms with Crippen LogP contribution < -0.4 is 5.32 Å². The summed E-state index contributed by atoms with van der Waals surface area (Å²) in [5.74, 6) is 0.200. The summed E-state index contributed by atoms with van der Waals surface area (Å²) in [7, 11) is 0. The van der Waals surface area contributed by atoms with Gasteiger partial charge < -0.3 is 10.4 Å². The smallest absolute Gasteiger partial charge is 0.251 e. The lowest BCUT2D eigenvalue weighted by atomic mass is 9.95. The first kappa shape index (κ1) is 18.3. The van der Waals surface area contributed by atoms with Gasteiger partial charge >= 0.3 is 0 Å². The second kappa shape index (κ2) is 8.23. The van der Waals surface area contributed by atoms with Crippen LogP contribution in [0.15, 0.2) is 18.2 Å². The van der Waals surface area contributed by atoms with Crippen LogP contribution in [0.3, 0.4) is 0 Å². The lowest BCUT2D eigenvalue weighted by Crippen LogP contribution is -2.57. The number of likely N-dealkylation sites (tertiary alicyclic amines) is 1. The van der Waals surface area contributed by atoms with Gasteiger partial charge in [-0.2, -0.15) is 0 Å². The number of nitrogens with one attached hydrogen (secondary N) is 1. The molecule has 1 unspecified atom stereocenters. The molecule has 0 radical (unpaired) electrons. The van der Waals surface area contributed by atoms with Gasteiger partial charge in [-0.05, 0) is 42.0 Å². The number of alkyl halides is 2. The standard InChI is InChI=1S/C19H26F2N2O2/c20-8-15-6-5-14(7-16(15)9-21)19(25)22-18(13-3-1-2-4-13)12-23-10-17(24)11-23/h5-7,13,17-18,24H,1-4,8-12H2,(H,22,25). The molecule has 138 valence electrons. The van der Waals surface area contributed by atoms with Gasteiger partial charge in [0.05, 0.1) is 6.10 Å². The largest absolute Gasteiger partial charge is 0.390 e. The molecule has 6 heteroatoms. The summed E-state index contributed by atoms with van der Waals surface area (Å²) >= 11 is 0. The summed E-state index contributed by atoms with van der Waals surface area (Å²) in [5, 5.41) is 12.6. The van der Waals surface area contributed by atoms with Crippen molar-refractivity contribution in [1.29, 1.82) is 0 Å². The van der Waals surface area contributed by atoms with Crippen LogP contribution in [0.1, 0.15) is 47.2 Å². The summed E-state index contributed by atoms with van der Waals surface area (Å²) in [6.07, 6.45) is 4.28. The molecule has 1 saturated carbocycles. The minimum Gasteiger partial charge on any atom is -0.390 e. The van der Waals surface area contributed by atoms with E-state index in [4.69, 9.17) is 0 Å². The molecule has 2 fully saturated rings. The number of β-amino-alcohol motifs (C(OH)–C–C–N with tert-alkyl or cyclic N) is 1. The molecule has 1 aromatic rings. The lowest BCUT2D eigenvalue weighted by molar-refractivity contribution is -0.00620. The van der Waals surface area contributed by atoms with Crippen LogP contribution in [-0.4, -0.2) is 47.7 Å². The first-order valence-electron chi connectivity index (χ1n) is 9.05. The van der Waals surface area contributed by atoms with Crippen molar-refractivity contribution in [2.45, 2.75) is 51.2 Å². The number of carbonyl (C=O) groups is 1. The maximum absolute atomic E-state index is 13.1. The number of aliphatic hydroxyl groups excluding tert-OH is 1. The molecule has 1 atom stereocenters. The summed E-state index contributed by atoms with van der Waals surface area (Å²) in [6.45, 7) is 0.514. The normalized spacial score (nSPS) is 20.4. The average molecular weight is 352 g/mol. The van der Waals surface area contributed by atoms with Gasteiger partial charge in [0.15, 0.2) is 0 Å². The Bertz CT molecular complexity index is 599. The topological polar surface area (TPSA) is 52.6 Å². The monoisotopic (exact) mass is 352 g/mol. The Morgan fingerprint density at radius 3 is 2.48 bits per heavy atom. The summed E-state index contributed by atoms with van der Waals surface area (Å²) in [5.41, 5.74) is 0.899. The SMILES string of the molecule is O=C(NC(CN1CC(O)C1)C1CCCC1)c1ccc(CF)c(CF)c1. The van der Waals surface area contributed by atoms with Crippen molar-refractivity contribution < 1.29 is 18.7 Å². The van der Waals surface area contributed by atoms with Crippen molar-refractivity contribution in [1.82, 2.24) is 10.2 Å². The Morgan fingerprint density at radius 2 is 1.88 bits per heavy atom. The van der Waals surface area contributed by atoms with Crippen molar-refractivity contribution in [2.75, 3.05) is 19.6 Å². The van der Waals surface area contributed by atoms with Crippen LogP contribution in [0.2, 0.25) is 0 Å². The molecule has 1 heterocycles. The summed E-state index contributed by atoms with van der Waals surface area (Å²) in [4.78, 5) is 14.8. The van der Waals surface area contributed by atoms with Crippen LogP contribution in [0.4, 0.5) is 8.78 Å². The predicted molar refractivity (Wildman–Crippen MR) is 91.7 cm³/mol. The third kappa shape index (κ3) is 4.36. The van der Waals surface area contributed by atoms with E-state index in [9.17, 15) is 18.7 Å². The summed E-state index contributed by atoms with van der Waals surface area (Å²) < 4.78 is 25.9. The van der Waals surface area contributed by atoms with Crippen LogP contribution in [0.25, 0.3) is 0 Å². The number of rotatable bonds is 7. The number of hydrogen-bond donors (Lipinski definition) is 2. The fourth-order valence-electron chi connectivity index (χ4n) is 3.92. The molecule has 3 rings (SSSR count). The molecule has 2 N–H and O–H groups in total. The quantitative estimate of drug-likeness (QED) is 0.793. The minimum absolute atomic E-state index is 0.0252. The number of benzene rings is 1. The molecule has 4 nitrogen and oxygen atoms in total. The van der Waals surface area contributed by atoms with Gasteiger partial charge in [0, 0.05) is 31.2 Å². The highest BCUT2D eigenvalue weighted by Crippen LogP contribution is 2.29. The van der Waals surface area contributed by atoms with Gasteiger partial charge in [0.2, 0.25) is 0 Å². The number of carbonyl (C=O) groups excluding carboxylic acids is 1. The number of hydrogen-bond acceptors (Lipinski definition) is 3. The van der Waals surface area contributed by atoms with Gasteiger partial charge in [0.25, 0.3) is 5.91 Å². The van der Waals surface area contributed by atoms with Crippen LogP contribution >= 0.6 is 0 Å². The van der Waals surface area contributed by atoms with Gasteiger partial charge in [-0.15, -0.1) is 0 Å². The van der Waals surface area contributed by atoms with Gasteiger partial charge in [-0.25, -0.2) is 8.78 Å². The number of aliphatic hydroxyl groups is 1. The Labute approximate surface area is 147 Å². The van der Waals surface area contributed by atoms with Gasteiger partial charge in [-0.3, -0.25) is 9.69 Å². The van der Waals surface area contributed by atoms with E-state index in [1.807, 2.05) is 0 Å². The maximum Gasteiger partial charge on any atom is 0.251 e. The highest BCUT2D eigenvalue weighted by atomic mass is 19.1. The number of halogens is 2. The molecule has 1 aromatic carbocycles. The second-order valence-electron chi connectivity index (χ2n) is 7.25. The van der Waals surface area contributed by atoms with E-state index in [1.165, 1.54) is 25.0 Å². The Morgan fingerprint density at radius 1 is 1.20 bits per heavy atom. The Hall–Kier alpha value is -1.53. The molecular weight excluding hydrogens is 326 g/mol. The first-order chi connectivity index (χ1) is 12.1. The van der Waals surface area contributed by atoms with Crippen molar-refractivity contribution >= 4 is 5.91 Å². The van der Waals surface area contributed by atoms with E-state index in [0.29, 0.717) is 30.1 Å². The second-order valence-corrected chi connectivity index (χ2v) is 7.25. The fourth-order valence-corrected chi connectivity index (χ4v) is 3.92. The Kier molecular flexibility index (Phi) is 6.02. The molecule has 1 aliphatic heterocycles. The van der Waals surface area contributed by atoms with Gasteiger partial charge in [-0.1, -0.05) is 18.9 Å².